The van der Waals surface area contributed by atoms with E-state index in [9.17, 15) is 4.79 Å². The lowest BCUT2D eigenvalue weighted by Gasteiger charge is -2.28. The number of carbonyl (C=O) groups excluding carboxylic acids is 1. The molecule has 2 aromatic rings. The minimum Gasteiger partial charge on any atom is -0.378 e. The van der Waals surface area contributed by atoms with Crippen molar-refractivity contribution in [1.29, 1.82) is 0 Å². The minimum absolute atomic E-state index is 0.0832. The van der Waals surface area contributed by atoms with Crippen molar-refractivity contribution in [2.24, 2.45) is 0 Å². The fourth-order valence-electron chi connectivity index (χ4n) is 4.00. The molecule has 0 aliphatic carbocycles. The average molecular weight is 443 g/mol. The van der Waals surface area contributed by atoms with Gasteiger partial charge >= 0.3 is 0 Å². The summed E-state index contributed by atoms with van der Waals surface area (Å²) < 4.78 is 5.40. The third-order valence-electron chi connectivity index (χ3n) is 5.89. The number of benzene rings is 2. The number of hydrogen-bond donors (Lipinski definition) is 3. The fourth-order valence-corrected chi connectivity index (χ4v) is 4.00. The molecule has 0 bridgehead atoms. The van der Waals surface area contributed by atoms with Gasteiger partial charge in [0.05, 0.1) is 18.1 Å². The van der Waals surface area contributed by atoms with E-state index in [1.165, 1.54) is 12.1 Å². The van der Waals surface area contributed by atoms with Crippen molar-refractivity contribution in [2.75, 3.05) is 68.6 Å². The molecule has 0 spiro atoms. The smallest absolute Gasteiger partial charge is 0.255 e. The zero-order valence-electron chi connectivity index (χ0n) is 18.7. The zero-order chi connectivity index (χ0) is 22.9. The predicted octanol–water partition coefficient (Wildman–Crippen LogP) is 1.14. The highest BCUT2D eigenvalue weighted by molar-refractivity contribution is 6.04. The molecule has 2 fully saturated rings. The van der Waals surface area contributed by atoms with Gasteiger partial charge in [0, 0.05) is 54.8 Å². The molecule has 2 aromatic carbocycles. The molecular weight excluding hydrogens is 410 g/mol. The molecule has 2 heterocycles. The van der Waals surface area contributed by atoms with E-state index in [4.69, 9.17) is 14.9 Å². The Morgan fingerprint density at radius 2 is 1.56 bits per heavy atom. The summed E-state index contributed by atoms with van der Waals surface area (Å²) in [6, 6.07) is 16.6. The van der Waals surface area contributed by atoms with Gasteiger partial charge in [-0.15, -0.1) is 0 Å². The van der Waals surface area contributed by atoms with Gasteiger partial charge in [0.25, 0.3) is 5.91 Å². The van der Waals surface area contributed by atoms with Crippen molar-refractivity contribution in [2.45, 2.75) is 12.5 Å². The Balaban J connectivity index is 0.000000913. The highest BCUT2D eigenvalue weighted by atomic mass is 16.6. The summed E-state index contributed by atoms with van der Waals surface area (Å²) in [4.78, 5) is 27.8. The number of amides is 1. The summed E-state index contributed by atoms with van der Waals surface area (Å²) in [5.74, 6) is -0.0832. The predicted molar refractivity (Wildman–Crippen MR) is 124 cm³/mol. The highest BCUT2D eigenvalue weighted by Gasteiger charge is 2.24. The largest absolute Gasteiger partial charge is 0.378 e. The Morgan fingerprint density at radius 3 is 2.12 bits per heavy atom. The first kappa shape index (κ1) is 23.5. The molecule has 9 heteroatoms. The van der Waals surface area contributed by atoms with E-state index in [0.29, 0.717) is 16.9 Å². The summed E-state index contributed by atoms with van der Waals surface area (Å²) in [5.41, 5.74) is 3.83. The molecule has 32 heavy (non-hydrogen) atoms. The van der Waals surface area contributed by atoms with E-state index < -0.39 is 0 Å². The Bertz CT molecular complexity index is 867. The van der Waals surface area contributed by atoms with E-state index >= 15 is 0 Å². The Morgan fingerprint density at radius 1 is 1.00 bits per heavy atom. The molecule has 1 unspecified atom stereocenters. The Labute approximate surface area is 188 Å². The second kappa shape index (κ2) is 11.4. The van der Waals surface area contributed by atoms with E-state index in [0.717, 1.165) is 50.8 Å². The number of ether oxygens (including phenoxy) is 1. The van der Waals surface area contributed by atoms with Crippen molar-refractivity contribution in [3.05, 3.63) is 59.0 Å². The molecule has 0 radical (unpaired) electrons. The van der Waals surface area contributed by atoms with Gasteiger partial charge in [-0.25, -0.2) is 5.21 Å². The lowest BCUT2D eigenvalue weighted by atomic mass is 10.1. The molecule has 3 N–H and O–H groups in total. The monoisotopic (exact) mass is 442 g/mol. The van der Waals surface area contributed by atoms with Gasteiger partial charge in [-0.2, -0.15) is 0 Å². The van der Waals surface area contributed by atoms with Crippen LogP contribution in [0.15, 0.2) is 48.5 Å². The molecule has 2 saturated heterocycles. The van der Waals surface area contributed by atoms with Crippen molar-refractivity contribution in [3.8, 4) is 0 Å². The van der Waals surface area contributed by atoms with Crippen LogP contribution in [0.2, 0.25) is 0 Å². The van der Waals surface area contributed by atoms with Crippen LogP contribution < -0.4 is 20.5 Å². The lowest BCUT2D eigenvalue weighted by Crippen LogP contribution is -2.58. The van der Waals surface area contributed by atoms with E-state index in [1.54, 1.807) is 0 Å². The zero-order valence-corrected chi connectivity index (χ0v) is 18.7. The van der Waals surface area contributed by atoms with Crippen molar-refractivity contribution >= 4 is 23.0 Å². The summed E-state index contributed by atoms with van der Waals surface area (Å²) >= 11 is 0. The van der Waals surface area contributed by atoms with Gasteiger partial charge in [-0.1, -0.05) is 0 Å². The van der Waals surface area contributed by atoms with Crippen molar-refractivity contribution in [1.82, 2.24) is 4.90 Å². The first-order chi connectivity index (χ1) is 15.5. The molecule has 172 valence electrons. The van der Waals surface area contributed by atoms with Crippen LogP contribution in [0, 0.1) is 4.91 Å². The van der Waals surface area contributed by atoms with Gasteiger partial charge in [0.1, 0.15) is 0 Å². The van der Waals surface area contributed by atoms with Gasteiger partial charge in [-0.3, -0.25) is 4.79 Å². The van der Waals surface area contributed by atoms with Gasteiger partial charge in [-0.05, 0) is 69.0 Å². The van der Waals surface area contributed by atoms with Gasteiger partial charge in [0.15, 0.2) is 5.34 Å². The van der Waals surface area contributed by atoms with Crippen LogP contribution in [-0.4, -0.2) is 75.5 Å². The molecule has 0 saturated carbocycles. The van der Waals surface area contributed by atoms with Gasteiger partial charge in [0.2, 0.25) is 0 Å². The van der Waals surface area contributed by atoms with Crippen LogP contribution in [-0.2, 0) is 4.74 Å². The number of carbonyl (C=O) groups is 1. The van der Waals surface area contributed by atoms with Crippen LogP contribution >= 0.6 is 0 Å². The fraction of sp³-hybridized carbons (Fsp3) is 0.435. The molecule has 9 nitrogen and oxygen atoms in total. The van der Waals surface area contributed by atoms with Gasteiger partial charge < -0.3 is 24.8 Å². The number of morpholine rings is 1. The summed E-state index contributed by atoms with van der Waals surface area (Å²) in [6.07, 6.45) is 1.19. The van der Waals surface area contributed by atoms with E-state index in [-0.39, 0.29) is 5.91 Å². The van der Waals surface area contributed by atoms with Crippen LogP contribution in [0.5, 0.6) is 0 Å². The number of anilines is 3. The lowest BCUT2D eigenvalue weighted by molar-refractivity contribution is -0.755. The minimum atomic E-state index is -0.0832. The third-order valence-corrected chi connectivity index (χ3v) is 5.89. The number of nitrogens with one attached hydrogen (secondary N) is 2. The van der Waals surface area contributed by atoms with Crippen LogP contribution in [0.3, 0.4) is 0 Å². The molecule has 0 aromatic heterocycles. The maximum absolute atomic E-state index is 12.6. The van der Waals surface area contributed by atoms with E-state index in [1.807, 2.05) is 36.4 Å². The second-order valence-electron chi connectivity index (χ2n) is 8.09. The van der Waals surface area contributed by atoms with Crippen molar-refractivity contribution < 1.29 is 20.1 Å². The molecule has 1 atom stereocenters. The first-order valence-corrected chi connectivity index (χ1v) is 10.8. The molecule has 2 aliphatic rings. The summed E-state index contributed by atoms with van der Waals surface area (Å²) in [7, 11) is 4.28. The topological polar surface area (TPSA) is 99.3 Å². The van der Waals surface area contributed by atoms with Crippen LogP contribution in [0.25, 0.3) is 0 Å². The molecular formula is C23H32N5O4+. The first-order valence-electron chi connectivity index (χ1n) is 10.8. The average Bonchev–Trinajstić information content (AvgIpc) is 3.32. The van der Waals surface area contributed by atoms with E-state index in [2.05, 4.69) is 46.2 Å². The van der Waals surface area contributed by atoms with Crippen LogP contribution in [0.4, 0.5) is 17.1 Å². The standard InChI is InChI=1S/C23H30N4O2.HNO2/c1-25(2)22-11-12-27(17-22)21-9-5-19(6-10-21)24-23(28)18-3-7-20(8-4-18)26-13-15-29-16-14-26;2-1-3/h3-10,22H,11-17H2,1-2H3,(H,24,28);1H/p+1. The Hall–Kier alpha value is -3.17. The highest BCUT2D eigenvalue weighted by Crippen LogP contribution is 2.24. The number of likely N-dealkylation sites (N-methyl/N-ethyl adjacent to an activating group) is 1. The molecule has 4 rings (SSSR count). The third kappa shape index (κ3) is 6.18. The normalized spacial score (nSPS) is 18.2. The number of hydrogen-bond acceptors (Lipinski definition) is 6. The van der Waals surface area contributed by atoms with Crippen molar-refractivity contribution in [3.63, 3.8) is 0 Å². The summed E-state index contributed by atoms with van der Waals surface area (Å²) in [5, 5.41) is 10.3. The number of rotatable bonds is 5. The number of nitrogens with zero attached hydrogens (tertiary/aromatic N) is 3. The summed E-state index contributed by atoms with van der Waals surface area (Å²) in [6.45, 7) is 5.42. The molecule has 2 aliphatic heterocycles. The second-order valence-corrected chi connectivity index (χ2v) is 8.09. The SMILES string of the molecule is CN(C)C1CCN(c2ccc(NC(=O)c3ccc(N4CCOCC4)cc3)cc2)C1.O=[NH+]O. The maximum Gasteiger partial charge on any atom is 0.255 e. The molecule has 1 amide bonds. The quantitative estimate of drug-likeness (QED) is 0.597. The Kier molecular flexibility index (Phi) is 8.41. The maximum atomic E-state index is 12.6. The van der Waals surface area contributed by atoms with Crippen LogP contribution in [0.1, 0.15) is 16.8 Å².